The quantitative estimate of drug-likeness (QED) is 0.204. The molecule has 6 rings (SSSR count). The van der Waals surface area contributed by atoms with Gasteiger partial charge in [-0.15, -0.1) is 0 Å². The summed E-state index contributed by atoms with van der Waals surface area (Å²) in [4.78, 5) is 30.7. The third kappa shape index (κ3) is 5.70. The van der Waals surface area contributed by atoms with Gasteiger partial charge in [0.2, 0.25) is 5.82 Å². The molecule has 0 fully saturated rings. The number of ether oxygens (including phenoxy) is 1. The first-order valence-corrected chi connectivity index (χ1v) is 13.2. The van der Waals surface area contributed by atoms with Gasteiger partial charge in [0.1, 0.15) is 11.3 Å². The number of amides is 1. The van der Waals surface area contributed by atoms with Crippen molar-refractivity contribution in [2.75, 3.05) is 11.9 Å². The lowest BCUT2D eigenvalue weighted by Crippen LogP contribution is -2.21. The smallest absolute Gasteiger partial charge is 0.282 e. The number of halogens is 2. The summed E-state index contributed by atoms with van der Waals surface area (Å²) in [5.41, 5.74) is 1.82. The molecule has 41 heavy (non-hydrogen) atoms. The molecule has 0 aliphatic carbocycles. The average Bonchev–Trinajstić information content (AvgIpc) is 3.42. The molecule has 8 nitrogen and oxygen atoms in total. The van der Waals surface area contributed by atoms with Crippen LogP contribution in [-0.2, 0) is 4.79 Å². The molecule has 202 valence electrons. The first-order chi connectivity index (χ1) is 19.9. The van der Waals surface area contributed by atoms with E-state index in [9.17, 15) is 9.59 Å². The molecular weight excluding hydrogens is 563 g/mol. The first kappa shape index (κ1) is 26.3. The Bertz CT molecular complexity index is 1970. The van der Waals surface area contributed by atoms with Crippen molar-refractivity contribution in [1.82, 2.24) is 9.66 Å². The van der Waals surface area contributed by atoms with Gasteiger partial charge in [-0.3, -0.25) is 9.59 Å². The number of furan rings is 1. The maximum absolute atomic E-state index is 13.6. The van der Waals surface area contributed by atoms with Gasteiger partial charge in [0.25, 0.3) is 11.5 Å². The zero-order chi connectivity index (χ0) is 28.3. The number of hydrogen-bond donors (Lipinski definition) is 1. The number of nitrogens with zero attached hydrogens (tertiary/aromatic N) is 3. The Labute approximate surface area is 243 Å². The van der Waals surface area contributed by atoms with E-state index in [1.165, 1.54) is 10.9 Å². The topological polar surface area (TPSA) is 98.7 Å². The number of fused-ring (bicyclic) bond motifs is 2. The largest absolute Gasteiger partial charge is 0.483 e. The predicted octanol–water partition coefficient (Wildman–Crippen LogP) is 7.02. The van der Waals surface area contributed by atoms with Crippen LogP contribution in [0.15, 0.2) is 111 Å². The number of aromatic nitrogens is 2. The highest BCUT2D eigenvalue weighted by Crippen LogP contribution is 2.27. The van der Waals surface area contributed by atoms with Gasteiger partial charge in [-0.1, -0.05) is 53.5 Å². The third-order valence-corrected chi connectivity index (χ3v) is 6.66. The number of carbonyl (C=O) groups is 1. The number of carbonyl (C=O) groups excluding carboxylic acids is 1. The van der Waals surface area contributed by atoms with E-state index in [1.54, 1.807) is 60.7 Å². The van der Waals surface area contributed by atoms with Gasteiger partial charge in [-0.25, -0.2) is 4.98 Å². The van der Waals surface area contributed by atoms with E-state index in [2.05, 4.69) is 10.4 Å². The summed E-state index contributed by atoms with van der Waals surface area (Å²) in [5, 5.41) is 9.47. The van der Waals surface area contributed by atoms with Crippen LogP contribution in [0.5, 0.6) is 5.75 Å². The molecule has 0 unspecified atom stereocenters. The van der Waals surface area contributed by atoms with Gasteiger partial charge in [0.05, 0.1) is 17.1 Å². The Morgan fingerprint density at radius 3 is 2.54 bits per heavy atom. The summed E-state index contributed by atoms with van der Waals surface area (Å²) in [6.45, 7) is -0.271. The molecule has 4 aromatic carbocycles. The molecule has 0 aliphatic rings. The van der Waals surface area contributed by atoms with Gasteiger partial charge in [0, 0.05) is 26.7 Å². The van der Waals surface area contributed by atoms with Crippen LogP contribution < -0.4 is 15.6 Å². The van der Waals surface area contributed by atoms with Gasteiger partial charge < -0.3 is 14.5 Å². The summed E-state index contributed by atoms with van der Waals surface area (Å²) < 4.78 is 13.0. The number of nitrogens with one attached hydrogen (secondary N) is 1. The third-order valence-electron chi connectivity index (χ3n) is 6.17. The second-order valence-corrected chi connectivity index (χ2v) is 9.86. The van der Waals surface area contributed by atoms with Crippen molar-refractivity contribution < 1.29 is 13.9 Å². The van der Waals surface area contributed by atoms with Crippen LogP contribution in [0.1, 0.15) is 5.56 Å². The maximum atomic E-state index is 13.6. The zero-order valence-corrected chi connectivity index (χ0v) is 22.8. The molecule has 0 atom stereocenters. The van der Waals surface area contributed by atoms with Crippen molar-refractivity contribution in [2.45, 2.75) is 0 Å². The maximum Gasteiger partial charge on any atom is 0.282 e. The Morgan fingerprint density at radius 2 is 1.71 bits per heavy atom. The molecule has 0 radical (unpaired) electrons. The summed E-state index contributed by atoms with van der Waals surface area (Å²) >= 11 is 12.2. The average molecular weight is 583 g/mol. The van der Waals surface area contributed by atoms with Crippen LogP contribution in [0.3, 0.4) is 0 Å². The van der Waals surface area contributed by atoms with E-state index in [-0.39, 0.29) is 23.9 Å². The van der Waals surface area contributed by atoms with Gasteiger partial charge in [0.15, 0.2) is 12.4 Å². The summed E-state index contributed by atoms with van der Waals surface area (Å²) in [5.74, 6) is 0.587. The molecule has 6 aromatic rings. The second-order valence-electron chi connectivity index (χ2n) is 8.99. The molecule has 0 saturated heterocycles. The Balaban J connectivity index is 1.34. The molecule has 0 spiro atoms. The van der Waals surface area contributed by atoms with E-state index < -0.39 is 0 Å². The first-order valence-electron chi connectivity index (χ1n) is 12.5. The molecule has 2 aromatic heterocycles. The Kier molecular flexibility index (Phi) is 7.24. The summed E-state index contributed by atoms with van der Waals surface area (Å²) in [6.07, 6.45) is 1.43. The monoisotopic (exact) mass is 582 g/mol. The van der Waals surface area contributed by atoms with Crippen molar-refractivity contribution in [2.24, 2.45) is 5.10 Å². The SMILES string of the molecule is O=C(COc1ccc(Cl)cc1C=Nn1c(-c2cc3ccccc3o2)nc2ccccc2c1=O)Nc1ccc(Cl)cc1. The molecule has 0 bridgehead atoms. The molecule has 1 N–H and O–H groups in total. The van der Waals surface area contributed by atoms with Gasteiger partial charge in [-0.2, -0.15) is 9.78 Å². The van der Waals surface area contributed by atoms with Gasteiger partial charge in [-0.05, 0) is 66.7 Å². The zero-order valence-electron chi connectivity index (χ0n) is 21.3. The van der Waals surface area contributed by atoms with Crippen molar-refractivity contribution >= 4 is 62.9 Å². The predicted molar refractivity (Wildman–Crippen MR) is 161 cm³/mol. The minimum atomic E-state index is -0.380. The normalized spacial score (nSPS) is 11.4. The fourth-order valence-corrected chi connectivity index (χ4v) is 4.53. The fourth-order valence-electron chi connectivity index (χ4n) is 4.23. The van der Waals surface area contributed by atoms with E-state index >= 15 is 0 Å². The van der Waals surface area contributed by atoms with Crippen molar-refractivity contribution in [3.63, 3.8) is 0 Å². The summed E-state index contributed by atoms with van der Waals surface area (Å²) in [7, 11) is 0. The van der Waals surface area contributed by atoms with Crippen molar-refractivity contribution in [1.29, 1.82) is 0 Å². The lowest BCUT2D eigenvalue weighted by molar-refractivity contribution is -0.118. The Hall–Kier alpha value is -4.92. The van der Waals surface area contributed by atoms with E-state index in [1.807, 2.05) is 36.4 Å². The highest BCUT2D eigenvalue weighted by atomic mass is 35.5. The van der Waals surface area contributed by atoms with Crippen LogP contribution in [0, 0.1) is 0 Å². The highest BCUT2D eigenvalue weighted by Gasteiger charge is 2.17. The Morgan fingerprint density at radius 1 is 0.951 bits per heavy atom. The standard InChI is InChI=1S/C31H20Cl2N4O4/c32-21-9-12-23(13-10-21)35-29(38)18-40-26-14-11-22(33)15-20(26)17-34-37-30(28-16-19-5-1-4-8-27(19)41-28)36-25-7-3-2-6-24(25)31(37)39/h1-17H,18H2,(H,35,38). The number of rotatable bonds is 7. The van der Waals surface area contributed by atoms with Crippen LogP contribution >= 0.6 is 23.2 Å². The van der Waals surface area contributed by atoms with E-state index in [0.717, 1.165) is 5.39 Å². The van der Waals surface area contributed by atoms with E-state index in [4.69, 9.17) is 37.3 Å². The summed E-state index contributed by atoms with van der Waals surface area (Å²) in [6, 6.07) is 28.0. The number of hydrogen-bond acceptors (Lipinski definition) is 6. The molecule has 0 saturated carbocycles. The molecule has 1 amide bonds. The second kappa shape index (κ2) is 11.3. The lowest BCUT2D eigenvalue weighted by atomic mass is 10.2. The number of anilines is 1. The van der Waals surface area contributed by atoms with Crippen LogP contribution in [0.4, 0.5) is 5.69 Å². The minimum absolute atomic E-state index is 0.230. The van der Waals surface area contributed by atoms with Crippen molar-refractivity contribution in [3.8, 4) is 17.3 Å². The molecular formula is C31H20Cl2N4O4. The fraction of sp³-hybridized carbons (Fsp3) is 0.0323. The van der Waals surface area contributed by atoms with Crippen molar-refractivity contribution in [3.05, 3.63) is 123 Å². The van der Waals surface area contributed by atoms with Gasteiger partial charge >= 0.3 is 0 Å². The molecule has 10 heteroatoms. The van der Waals surface area contributed by atoms with Crippen LogP contribution in [0.25, 0.3) is 33.5 Å². The minimum Gasteiger partial charge on any atom is -0.483 e. The van der Waals surface area contributed by atoms with E-state index in [0.29, 0.717) is 49.3 Å². The lowest BCUT2D eigenvalue weighted by Gasteiger charge is -2.11. The van der Waals surface area contributed by atoms with Crippen LogP contribution in [0.2, 0.25) is 10.0 Å². The number of para-hydroxylation sites is 2. The number of benzene rings is 4. The molecule has 0 aliphatic heterocycles. The molecule has 2 heterocycles. The highest BCUT2D eigenvalue weighted by molar-refractivity contribution is 6.31. The van der Waals surface area contributed by atoms with Crippen LogP contribution in [-0.4, -0.2) is 28.4 Å².